The SMILES string of the molecule is O=C(COC(=O)C1C2CC3CC(C2)CC1C3)Nc1ccc2c(c1)CCC2. The summed E-state index contributed by atoms with van der Waals surface area (Å²) < 4.78 is 5.44. The van der Waals surface area contributed by atoms with Crippen LogP contribution in [-0.2, 0) is 27.2 Å². The minimum atomic E-state index is -0.236. The molecule has 0 radical (unpaired) electrons. The van der Waals surface area contributed by atoms with Gasteiger partial charge in [0.25, 0.3) is 5.91 Å². The van der Waals surface area contributed by atoms with Gasteiger partial charge in [-0.05, 0) is 98.3 Å². The van der Waals surface area contributed by atoms with Gasteiger partial charge in [0.05, 0.1) is 5.92 Å². The Balaban J connectivity index is 1.16. The van der Waals surface area contributed by atoms with Crippen molar-refractivity contribution < 1.29 is 14.3 Å². The van der Waals surface area contributed by atoms with Crippen molar-refractivity contribution in [1.29, 1.82) is 0 Å². The van der Waals surface area contributed by atoms with Gasteiger partial charge in [-0.2, -0.15) is 0 Å². The Morgan fingerprint density at radius 1 is 0.962 bits per heavy atom. The van der Waals surface area contributed by atoms with Gasteiger partial charge in [-0.15, -0.1) is 0 Å². The van der Waals surface area contributed by atoms with Crippen LogP contribution in [0.5, 0.6) is 0 Å². The molecular weight excluding hydrogens is 326 g/mol. The van der Waals surface area contributed by atoms with E-state index >= 15 is 0 Å². The molecule has 4 bridgehead atoms. The van der Waals surface area contributed by atoms with Crippen LogP contribution in [0.15, 0.2) is 18.2 Å². The third kappa shape index (κ3) is 2.93. The van der Waals surface area contributed by atoms with Crippen LogP contribution in [0, 0.1) is 29.6 Å². The van der Waals surface area contributed by atoms with Crippen molar-refractivity contribution in [3.8, 4) is 0 Å². The Morgan fingerprint density at radius 3 is 2.38 bits per heavy atom. The maximum Gasteiger partial charge on any atom is 0.310 e. The van der Waals surface area contributed by atoms with Gasteiger partial charge in [-0.25, -0.2) is 0 Å². The molecule has 0 heterocycles. The predicted molar refractivity (Wildman–Crippen MR) is 98.6 cm³/mol. The molecule has 0 aliphatic heterocycles. The fourth-order valence-electron chi connectivity index (χ4n) is 6.39. The number of amides is 1. The Kier molecular flexibility index (Phi) is 4.02. The van der Waals surface area contributed by atoms with Gasteiger partial charge in [-0.1, -0.05) is 6.07 Å². The van der Waals surface area contributed by atoms with E-state index in [1.807, 2.05) is 6.07 Å². The molecule has 4 fully saturated rings. The smallest absolute Gasteiger partial charge is 0.310 e. The third-order valence-electron chi connectivity index (χ3n) is 7.23. The van der Waals surface area contributed by atoms with Crippen molar-refractivity contribution in [2.45, 2.75) is 51.4 Å². The second kappa shape index (κ2) is 6.40. The first-order valence-corrected chi connectivity index (χ1v) is 10.2. The van der Waals surface area contributed by atoms with E-state index in [1.165, 1.54) is 49.7 Å². The summed E-state index contributed by atoms with van der Waals surface area (Å²) in [7, 11) is 0. The number of carbonyl (C=O) groups is 2. The number of anilines is 1. The van der Waals surface area contributed by atoms with E-state index in [2.05, 4.69) is 17.4 Å². The molecule has 0 unspecified atom stereocenters. The van der Waals surface area contributed by atoms with Gasteiger partial charge in [0.2, 0.25) is 0 Å². The zero-order chi connectivity index (χ0) is 17.7. The number of esters is 1. The molecule has 1 aromatic rings. The summed E-state index contributed by atoms with van der Waals surface area (Å²) in [6.07, 6.45) is 9.53. The Bertz CT molecular complexity index is 713. The van der Waals surface area contributed by atoms with Crippen LogP contribution in [0.2, 0.25) is 0 Å². The molecule has 5 aliphatic carbocycles. The number of fused-ring (bicyclic) bond motifs is 1. The average Bonchev–Trinajstić information content (AvgIpc) is 3.07. The molecule has 1 aromatic carbocycles. The second-order valence-electron chi connectivity index (χ2n) is 8.95. The van der Waals surface area contributed by atoms with E-state index < -0.39 is 0 Å². The number of hydrogen-bond acceptors (Lipinski definition) is 3. The summed E-state index contributed by atoms with van der Waals surface area (Å²) in [6, 6.07) is 6.10. The van der Waals surface area contributed by atoms with Gasteiger partial charge in [-0.3, -0.25) is 9.59 Å². The third-order valence-corrected chi connectivity index (χ3v) is 7.23. The molecule has 6 rings (SSSR count). The van der Waals surface area contributed by atoms with Gasteiger partial charge in [0.1, 0.15) is 0 Å². The number of nitrogens with one attached hydrogen (secondary N) is 1. The zero-order valence-corrected chi connectivity index (χ0v) is 15.2. The van der Waals surface area contributed by atoms with Gasteiger partial charge >= 0.3 is 5.97 Å². The summed E-state index contributed by atoms with van der Waals surface area (Å²) in [6.45, 7) is -0.168. The van der Waals surface area contributed by atoms with Gasteiger partial charge < -0.3 is 10.1 Å². The first-order valence-electron chi connectivity index (χ1n) is 10.2. The molecule has 0 aromatic heterocycles. The van der Waals surface area contributed by atoms with Crippen LogP contribution >= 0.6 is 0 Å². The summed E-state index contributed by atoms with van der Waals surface area (Å²) in [5, 5.41) is 2.88. The molecule has 138 valence electrons. The van der Waals surface area contributed by atoms with E-state index in [1.54, 1.807) is 0 Å². The van der Waals surface area contributed by atoms with E-state index in [0.717, 1.165) is 30.4 Å². The Labute approximate surface area is 154 Å². The molecule has 0 atom stereocenters. The van der Waals surface area contributed by atoms with Gasteiger partial charge in [0, 0.05) is 5.69 Å². The number of hydrogen-bond donors (Lipinski definition) is 1. The lowest BCUT2D eigenvalue weighted by Gasteiger charge is -2.53. The fourth-order valence-corrected chi connectivity index (χ4v) is 6.39. The van der Waals surface area contributed by atoms with Crippen molar-refractivity contribution in [3.05, 3.63) is 29.3 Å². The van der Waals surface area contributed by atoms with Crippen molar-refractivity contribution >= 4 is 17.6 Å². The summed E-state index contributed by atoms with van der Waals surface area (Å²) in [4.78, 5) is 24.9. The van der Waals surface area contributed by atoms with E-state index in [4.69, 9.17) is 4.74 Å². The normalized spacial score (nSPS) is 33.8. The van der Waals surface area contributed by atoms with E-state index in [-0.39, 0.29) is 24.4 Å². The molecule has 5 aliphatic rings. The van der Waals surface area contributed by atoms with Crippen molar-refractivity contribution in [1.82, 2.24) is 0 Å². The molecule has 0 saturated heterocycles. The lowest BCUT2D eigenvalue weighted by molar-refractivity contribution is -0.164. The lowest BCUT2D eigenvalue weighted by atomic mass is 9.52. The van der Waals surface area contributed by atoms with Crippen LogP contribution in [0.25, 0.3) is 0 Å². The monoisotopic (exact) mass is 353 g/mol. The quantitative estimate of drug-likeness (QED) is 0.839. The van der Waals surface area contributed by atoms with Crippen LogP contribution in [0.3, 0.4) is 0 Å². The van der Waals surface area contributed by atoms with Crippen molar-refractivity contribution in [3.63, 3.8) is 0 Å². The minimum absolute atomic E-state index is 0.0376. The zero-order valence-electron chi connectivity index (χ0n) is 15.2. The highest BCUT2D eigenvalue weighted by atomic mass is 16.5. The maximum absolute atomic E-state index is 12.6. The minimum Gasteiger partial charge on any atom is -0.455 e. The molecule has 4 heteroatoms. The number of rotatable bonds is 4. The summed E-state index contributed by atoms with van der Waals surface area (Å²) in [5.74, 6) is 2.34. The predicted octanol–water partition coefficient (Wildman–Crippen LogP) is 3.73. The summed E-state index contributed by atoms with van der Waals surface area (Å²) >= 11 is 0. The summed E-state index contributed by atoms with van der Waals surface area (Å²) in [5.41, 5.74) is 3.52. The molecule has 4 nitrogen and oxygen atoms in total. The maximum atomic E-state index is 12.6. The first-order chi connectivity index (χ1) is 12.7. The molecular formula is C22H27NO3. The van der Waals surface area contributed by atoms with Crippen LogP contribution in [0.1, 0.15) is 49.7 Å². The first kappa shape index (κ1) is 16.3. The van der Waals surface area contributed by atoms with Crippen LogP contribution < -0.4 is 5.32 Å². The standard InChI is InChI=1S/C22H27NO3/c24-20(23-19-5-4-15-2-1-3-16(15)11-19)12-26-22(25)21-17-7-13-6-14(9-17)10-18(21)8-13/h4-5,11,13-14,17-18,21H,1-3,6-10,12H2,(H,23,24). The molecule has 0 spiro atoms. The molecule has 1 amide bonds. The number of benzene rings is 1. The second-order valence-corrected chi connectivity index (χ2v) is 8.95. The van der Waals surface area contributed by atoms with Crippen molar-refractivity contribution in [2.24, 2.45) is 29.6 Å². The Hall–Kier alpha value is -1.84. The molecule has 1 N–H and O–H groups in total. The highest BCUT2D eigenvalue weighted by Crippen LogP contribution is 2.56. The Morgan fingerprint density at radius 2 is 1.65 bits per heavy atom. The molecule has 26 heavy (non-hydrogen) atoms. The fraction of sp³-hybridized carbons (Fsp3) is 0.636. The number of carbonyl (C=O) groups excluding carboxylic acids is 2. The average molecular weight is 353 g/mol. The molecule has 4 saturated carbocycles. The van der Waals surface area contributed by atoms with Crippen LogP contribution in [0.4, 0.5) is 5.69 Å². The number of ether oxygens (including phenoxy) is 1. The van der Waals surface area contributed by atoms with E-state index in [9.17, 15) is 9.59 Å². The van der Waals surface area contributed by atoms with Gasteiger partial charge in [0.15, 0.2) is 6.61 Å². The lowest BCUT2D eigenvalue weighted by Crippen LogP contribution is -2.48. The largest absolute Gasteiger partial charge is 0.455 e. The van der Waals surface area contributed by atoms with Crippen LogP contribution in [-0.4, -0.2) is 18.5 Å². The highest BCUT2D eigenvalue weighted by Gasteiger charge is 2.51. The van der Waals surface area contributed by atoms with Crippen molar-refractivity contribution in [2.75, 3.05) is 11.9 Å². The topological polar surface area (TPSA) is 55.4 Å². The number of aryl methyl sites for hydroxylation is 2. The highest BCUT2D eigenvalue weighted by molar-refractivity contribution is 5.93. The van der Waals surface area contributed by atoms with E-state index in [0.29, 0.717) is 11.8 Å².